The van der Waals surface area contributed by atoms with Crippen LogP contribution in [0.25, 0.3) is 0 Å². The number of hydrogen-bond acceptors (Lipinski definition) is 4. The van der Waals surface area contributed by atoms with Crippen molar-refractivity contribution in [3.8, 4) is 5.75 Å². The standard InChI is InChI=1S/C22H27NO3/c24-15-21(17-6-8-20(25)9-7-17)23-13-18-11-22(26,12-19(18)14-23)10-16-4-2-1-3-5-16/h1-9,18-19,21,24-26H,10-15H2/t18-,19+,21-,22?/m0/s1. The summed E-state index contributed by atoms with van der Waals surface area (Å²) >= 11 is 0. The first-order valence-corrected chi connectivity index (χ1v) is 9.46. The van der Waals surface area contributed by atoms with E-state index >= 15 is 0 Å². The maximum absolute atomic E-state index is 11.1. The molecule has 1 heterocycles. The monoisotopic (exact) mass is 353 g/mol. The van der Waals surface area contributed by atoms with Crippen LogP contribution in [-0.4, -0.2) is 45.5 Å². The number of nitrogens with zero attached hydrogens (tertiary/aromatic N) is 1. The molecule has 2 aromatic carbocycles. The van der Waals surface area contributed by atoms with Gasteiger partial charge in [-0.3, -0.25) is 4.90 Å². The Labute approximate surface area is 154 Å². The van der Waals surface area contributed by atoms with Crippen LogP contribution in [0.15, 0.2) is 54.6 Å². The summed E-state index contributed by atoms with van der Waals surface area (Å²) in [7, 11) is 0. The molecular weight excluding hydrogens is 326 g/mol. The van der Waals surface area contributed by atoms with Crippen LogP contribution in [0.1, 0.15) is 30.0 Å². The van der Waals surface area contributed by atoms with Crippen LogP contribution in [0.4, 0.5) is 0 Å². The first-order valence-electron chi connectivity index (χ1n) is 9.46. The molecule has 4 rings (SSSR count). The highest BCUT2D eigenvalue weighted by atomic mass is 16.3. The van der Waals surface area contributed by atoms with Crippen LogP contribution in [0.2, 0.25) is 0 Å². The van der Waals surface area contributed by atoms with E-state index in [0.29, 0.717) is 11.8 Å². The summed E-state index contributed by atoms with van der Waals surface area (Å²) in [6, 6.07) is 17.3. The minimum Gasteiger partial charge on any atom is -0.508 e. The third-order valence-electron chi connectivity index (χ3n) is 6.16. The maximum atomic E-state index is 11.1. The van der Waals surface area contributed by atoms with Gasteiger partial charge in [0.1, 0.15) is 5.75 Å². The molecule has 0 radical (unpaired) electrons. The molecule has 3 N–H and O–H groups in total. The first-order chi connectivity index (χ1) is 12.6. The van der Waals surface area contributed by atoms with Crippen molar-refractivity contribution in [2.75, 3.05) is 19.7 Å². The van der Waals surface area contributed by atoms with Gasteiger partial charge < -0.3 is 15.3 Å². The van der Waals surface area contributed by atoms with E-state index in [4.69, 9.17) is 0 Å². The normalized spacial score (nSPS) is 29.6. The third kappa shape index (κ3) is 3.50. The molecular formula is C22H27NO3. The van der Waals surface area contributed by atoms with Crippen LogP contribution in [-0.2, 0) is 6.42 Å². The van der Waals surface area contributed by atoms with Crippen molar-refractivity contribution >= 4 is 0 Å². The SMILES string of the molecule is OC[C@@H](c1ccc(O)cc1)N1C[C@@H]2CC(O)(Cc3ccccc3)C[C@@H]2C1. The van der Waals surface area contributed by atoms with Gasteiger partial charge in [0.15, 0.2) is 0 Å². The Morgan fingerprint density at radius 3 is 2.15 bits per heavy atom. The highest BCUT2D eigenvalue weighted by molar-refractivity contribution is 5.28. The molecule has 4 heteroatoms. The van der Waals surface area contributed by atoms with Gasteiger partial charge in [-0.2, -0.15) is 0 Å². The van der Waals surface area contributed by atoms with E-state index in [1.165, 1.54) is 5.56 Å². The summed E-state index contributed by atoms with van der Waals surface area (Å²) < 4.78 is 0. The molecule has 1 saturated carbocycles. The van der Waals surface area contributed by atoms with Gasteiger partial charge in [-0.1, -0.05) is 42.5 Å². The van der Waals surface area contributed by atoms with Crippen LogP contribution in [0.3, 0.4) is 0 Å². The van der Waals surface area contributed by atoms with E-state index in [1.807, 2.05) is 30.3 Å². The van der Waals surface area contributed by atoms with E-state index in [1.54, 1.807) is 12.1 Å². The molecule has 2 aliphatic rings. The Kier molecular flexibility index (Phi) is 4.74. The lowest BCUT2D eigenvalue weighted by Crippen LogP contribution is -2.34. The minimum atomic E-state index is -0.601. The number of phenolic OH excluding ortho intramolecular Hbond substituents is 1. The molecule has 1 aliphatic heterocycles. The van der Waals surface area contributed by atoms with Gasteiger partial charge in [0.05, 0.1) is 18.2 Å². The van der Waals surface area contributed by atoms with E-state index in [9.17, 15) is 15.3 Å². The third-order valence-corrected chi connectivity index (χ3v) is 6.16. The molecule has 1 unspecified atom stereocenters. The summed E-state index contributed by atoms with van der Waals surface area (Å²) in [4.78, 5) is 2.34. The number of fused-ring (bicyclic) bond motifs is 1. The molecule has 1 aliphatic carbocycles. The van der Waals surface area contributed by atoms with Crippen molar-refractivity contribution in [2.45, 2.75) is 30.9 Å². The highest BCUT2D eigenvalue weighted by Crippen LogP contribution is 2.47. The van der Waals surface area contributed by atoms with E-state index < -0.39 is 5.60 Å². The molecule has 0 bridgehead atoms. The lowest BCUT2D eigenvalue weighted by atomic mass is 9.91. The molecule has 138 valence electrons. The Morgan fingerprint density at radius 1 is 0.962 bits per heavy atom. The van der Waals surface area contributed by atoms with Gasteiger partial charge in [0.25, 0.3) is 0 Å². The molecule has 26 heavy (non-hydrogen) atoms. The average Bonchev–Trinajstić information content (AvgIpc) is 3.12. The zero-order chi connectivity index (χ0) is 18.1. The van der Waals surface area contributed by atoms with Gasteiger partial charge in [-0.05, 0) is 47.9 Å². The van der Waals surface area contributed by atoms with Crippen molar-refractivity contribution in [1.82, 2.24) is 4.90 Å². The highest BCUT2D eigenvalue weighted by Gasteiger charge is 2.49. The Morgan fingerprint density at radius 2 is 1.58 bits per heavy atom. The smallest absolute Gasteiger partial charge is 0.115 e. The average molecular weight is 353 g/mol. The number of hydrogen-bond donors (Lipinski definition) is 3. The molecule has 2 aromatic rings. The number of aromatic hydroxyl groups is 1. The fourth-order valence-electron chi connectivity index (χ4n) is 5.00. The number of likely N-dealkylation sites (tertiary alicyclic amines) is 1. The van der Waals surface area contributed by atoms with Gasteiger partial charge in [0, 0.05) is 19.5 Å². The first kappa shape index (κ1) is 17.5. The van der Waals surface area contributed by atoms with Crippen LogP contribution in [0, 0.1) is 11.8 Å². The zero-order valence-corrected chi connectivity index (χ0v) is 15.0. The second-order valence-electron chi connectivity index (χ2n) is 8.06. The fourth-order valence-corrected chi connectivity index (χ4v) is 5.00. The summed E-state index contributed by atoms with van der Waals surface area (Å²) in [6.07, 6.45) is 2.38. The second kappa shape index (κ2) is 7.03. The Bertz CT molecular complexity index is 717. The number of phenols is 1. The quantitative estimate of drug-likeness (QED) is 0.773. The summed E-state index contributed by atoms with van der Waals surface area (Å²) in [6.45, 7) is 1.89. The van der Waals surface area contributed by atoms with Gasteiger partial charge in [0.2, 0.25) is 0 Å². The fraction of sp³-hybridized carbons (Fsp3) is 0.455. The predicted octanol–water partition coefficient (Wildman–Crippen LogP) is 2.74. The van der Waals surface area contributed by atoms with Gasteiger partial charge in [-0.25, -0.2) is 0 Å². The zero-order valence-electron chi connectivity index (χ0n) is 15.0. The van der Waals surface area contributed by atoms with Crippen molar-refractivity contribution in [3.05, 3.63) is 65.7 Å². The largest absolute Gasteiger partial charge is 0.508 e. The molecule has 1 saturated heterocycles. The number of rotatable bonds is 5. The van der Waals surface area contributed by atoms with Crippen molar-refractivity contribution in [2.24, 2.45) is 11.8 Å². The minimum absolute atomic E-state index is 0.0385. The van der Waals surface area contributed by atoms with Crippen molar-refractivity contribution < 1.29 is 15.3 Å². The molecule has 4 atom stereocenters. The van der Waals surface area contributed by atoms with Crippen LogP contribution >= 0.6 is 0 Å². The number of aliphatic hydroxyl groups is 2. The van der Waals surface area contributed by atoms with E-state index in [-0.39, 0.29) is 18.4 Å². The van der Waals surface area contributed by atoms with Crippen LogP contribution in [0.5, 0.6) is 5.75 Å². The molecule has 0 aromatic heterocycles. The van der Waals surface area contributed by atoms with Gasteiger partial charge >= 0.3 is 0 Å². The molecule has 4 nitrogen and oxygen atoms in total. The van der Waals surface area contributed by atoms with E-state index in [2.05, 4.69) is 17.0 Å². The Balaban J connectivity index is 1.42. The topological polar surface area (TPSA) is 63.9 Å². The van der Waals surface area contributed by atoms with Crippen molar-refractivity contribution in [1.29, 1.82) is 0 Å². The number of aliphatic hydroxyl groups excluding tert-OH is 1. The summed E-state index contributed by atoms with van der Waals surface area (Å²) in [5.41, 5.74) is 1.63. The lowest BCUT2D eigenvalue weighted by molar-refractivity contribution is 0.0312. The molecule has 0 spiro atoms. The molecule has 0 amide bonds. The Hall–Kier alpha value is -1.88. The second-order valence-corrected chi connectivity index (χ2v) is 8.06. The predicted molar refractivity (Wildman–Crippen MR) is 101 cm³/mol. The maximum Gasteiger partial charge on any atom is 0.115 e. The van der Waals surface area contributed by atoms with Crippen LogP contribution < -0.4 is 0 Å². The molecule has 2 fully saturated rings. The van der Waals surface area contributed by atoms with E-state index in [0.717, 1.165) is 37.9 Å². The number of benzene rings is 2. The van der Waals surface area contributed by atoms with Crippen molar-refractivity contribution in [3.63, 3.8) is 0 Å². The van der Waals surface area contributed by atoms with Gasteiger partial charge in [-0.15, -0.1) is 0 Å². The summed E-state index contributed by atoms with van der Waals surface area (Å²) in [5.74, 6) is 1.21. The summed E-state index contributed by atoms with van der Waals surface area (Å²) in [5, 5.41) is 30.5. The lowest BCUT2D eigenvalue weighted by Gasteiger charge is -2.30.